The number of pyridine rings is 1. The Bertz CT molecular complexity index is 857. The van der Waals surface area contributed by atoms with E-state index in [1.54, 1.807) is 16.8 Å². The third-order valence-electron chi connectivity index (χ3n) is 3.99. The third kappa shape index (κ3) is 3.38. The molecule has 0 saturated heterocycles. The molecule has 0 aliphatic rings. The van der Waals surface area contributed by atoms with Crippen molar-refractivity contribution in [3.8, 4) is 11.4 Å². The quantitative estimate of drug-likeness (QED) is 0.680. The standard InChI is InChI=1S/C18H20N4OS/c1-2-3-10-16(21-12-7-11-17(23)18(21)24)15-13-22(20-19-15)14-8-5-4-6-9-14/h4-9,11-13,16,23H,2-3,10H2,1H3. The lowest BCUT2D eigenvalue weighted by Crippen LogP contribution is -2.12. The molecule has 0 spiro atoms. The molecular formula is C18H20N4OS. The fourth-order valence-corrected chi connectivity index (χ4v) is 2.96. The van der Waals surface area contributed by atoms with E-state index in [-0.39, 0.29) is 11.8 Å². The van der Waals surface area contributed by atoms with Crippen molar-refractivity contribution in [1.29, 1.82) is 0 Å². The molecule has 1 atom stereocenters. The van der Waals surface area contributed by atoms with E-state index in [2.05, 4.69) is 17.2 Å². The highest BCUT2D eigenvalue weighted by Crippen LogP contribution is 2.26. The van der Waals surface area contributed by atoms with E-state index in [9.17, 15) is 5.11 Å². The molecule has 0 aliphatic heterocycles. The molecule has 0 saturated carbocycles. The number of benzene rings is 1. The lowest BCUT2D eigenvalue weighted by Gasteiger charge is -2.18. The zero-order valence-electron chi connectivity index (χ0n) is 13.5. The lowest BCUT2D eigenvalue weighted by atomic mass is 10.1. The maximum Gasteiger partial charge on any atom is 0.150 e. The van der Waals surface area contributed by atoms with Crippen molar-refractivity contribution < 1.29 is 5.11 Å². The van der Waals surface area contributed by atoms with Gasteiger partial charge < -0.3 is 9.67 Å². The van der Waals surface area contributed by atoms with Crippen LogP contribution in [0.5, 0.6) is 5.75 Å². The van der Waals surface area contributed by atoms with Crippen LogP contribution in [0.15, 0.2) is 54.9 Å². The van der Waals surface area contributed by atoms with Gasteiger partial charge in [0.2, 0.25) is 0 Å². The van der Waals surface area contributed by atoms with Gasteiger partial charge >= 0.3 is 0 Å². The van der Waals surface area contributed by atoms with Crippen molar-refractivity contribution >= 4 is 12.2 Å². The van der Waals surface area contributed by atoms with Gasteiger partial charge in [-0.05, 0) is 30.7 Å². The van der Waals surface area contributed by atoms with Gasteiger partial charge in [-0.1, -0.05) is 55.4 Å². The molecule has 2 heterocycles. The van der Waals surface area contributed by atoms with E-state index in [1.807, 2.05) is 47.3 Å². The topological polar surface area (TPSA) is 55.9 Å². The van der Waals surface area contributed by atoms with Crippen LogP contribution in [0.1, 0.15) is 37.9 Å². The summed E-state index contributed by atoms with van der Waals surface area (Å²) in [6.07, 6.45) is 6.84. The van der Waals surface area contributed by atoms with E-state index in [0.717, 1.165) is 30.6 Å². The summed E-state index contributed by atoms with van der Waals surface area (Å²) >= 11 is 5.38. The molecule has 2 aromatic heterocycles. The van der Waals surface area contributed by atoms with Gasteiger partial charge in [0.05, 0.1) is 17.9 Å². The SMILES string of the molecule is CCCCC(c1cn(-c2ccccc2)nn1)n1cccc(O)c1=S. The van der Waals surface area contributed by atoms with Gasteiger partial charge in [-0.3, -0.25) is 0 Å². The van der Waals surface area contributed by atoms with Gasteiger partial charge in [0.1, 0.15) is 16.1 Å². The van der Waals surface area contributed by atoms with Crippen molar-refractivity contribution in [2.75, 3.05) is 0 Å². The van der Waals surface area contributed by atoms with Crippen LogP contribution in [0.3, 0.4) is 0 Å². The molecule has 0 radical (unpaired) electrons. The zero-order valence-corrected chi connectivity index (χ0v) is 14.4. The van der Waals surface area contributed by atoms with Crippen LogP contribution in [0.25, 0.3) is 5.69 Å². The van der Waals surface area contributed by atoms with Crippen LogP contribution in [0, 0.1) is 4.64 Å². The fraction of sp³-hybridized carbons (Fsp3) is 0.278. The maximum absolute atomic E-state index is 9.94. The Hall–Kier alpha value is -2.47. The highest BCUT2D eigenvalue weighted by Gasteiger charge is 2.18. The molecule has 3 aromatic rings. The first-order valence-electron chi connectivity index (χ1n) is 8.08. The maximum atomic E-state index is 9.94. The van der Waals surface area contributed by atoms with Gasteiger partial charge in [-0.15, -0.1) is 5.10 Å². The summed E-state index contributed by atoms with van der Waals surface area (Å²) in [5.41, 5.74) is 1.80. The van der Waals surface area contributed by atoms with Crippen LogP contribution < -0.4 is 0 Å². The molecule has 0 aliphatic carbocycles. The van der Waals surface area contributed by atoms with Crippen molar-refractivity contribution in [3.05, 3.63) is 65.2 Å². The molecule has 5 nitrogen and oxygen atoms in total. The smallest absolute Gasteiger partial charge is 0.150 e. The average molecular weight is 340 g/mol. The predicted octanol–water partition coefficient (Wildman–Crippen LogP) is 4.28. The van der Waals surface area contributed by atoms with E-state index in [0.29, 0.717) is 4.64 Å². The second-order valence-electron chi connectivity index (χ2n) is 5.69. The molecule has 1 aromatic carbocycles. The second kappa shape index (κ2) is 7.40. The van der Waals surface area contributed by atoms with Gasteiger partial charge in [0, 0.05) is 6.20 Å². The normalized spacial score (nSPS) is 12.2. The van der Waals surface area contributed by atoms with Crippen molar-refractivity contribution in [1.82, 2.24) is 19.6 Å². The first-order chi connectivity index (χ1) is 11.7. The predicted molar refractivity (Wildman–Crippen MR) is 96.0 cm³/mol. The Morgan fingerprint density at radius 2 is 1.96 bits per heavy atom. The van der Waals surface area contributed by atoms with Gasteiger partial charge in [0.25, 0.3) is 0 Å². The van der Waals surface area contributed by atoms with E-state index in [4.69, 9.17) is 12.2 Å². The lowest BCUT2D eigenvalue weighted by molar-refractivity contribution is 0.443. The molecule has 6 heteroatoms. The minimum absolute atomic E-state index is 0.0398. The number of para-hydroxylation sites is 1. The Morgan fingerprint density at radius 3 is 2.71 bits per heavy atom. The number of hydrogen-bond acceptors (Lipinski definition) is 4. The number of unbranched alkanes of at least 4 members (excludes halogenated alkanes) is 1. The summed E-state index contributed by atoms with van der Waals surface area (Å²) in [6, 6.07) is 13.2. The van der Waals surface area contributed by atoms with Crippen LogP contribution in [-0.2, 0) is 0 Å². The van der Waals surface area contributed by atoms with Gasteiger partial charge in [-0.25, -0.2) is 4.68 Å². The minimum Gasteiger partial charge on any atom is -0.505 e. The summed E-state index contributed by atoms with van der Waals surface area (Å²) in [6.45, 7) is 2.15. The van der Waals surface area contributed by atoms with E-state index >= 15 is 0 Å². The molecule has 124 valence electrons. The molecule has 1 unspecified atom stereocenters. The monoisotopic (exact) mass is 340 g/mol. The van der Waals surface area contributed by atoms with Crippen LogP contribution in [0.4, 0.5) is 0 Å². The summed E-state index contributed by atoms with van der Waals surface area (Å²) in [5, 5.41) is 18.5. The van der Waals surface area contributed by atoms with Gasteiger partial charge in [-0.2, -0.15) is 0 Å². The molecule has 24 heavy (non-hydrogen) atoms. The largest absolute Gasteiger partial charge is 0.505 e. The number of rotatable bonds is 6. The highest BCUT2D eigenvalue weighted by molar-refractivity contribution is 7.71. The first-order valence-corrected chi connectivity index (χ1v) is 8.49. The molecule has 0 bridgehead atoms. The number of aromatic nitrogens is 4. The van der Waals surface area contributed by atoms with Crippen LogP contribution >= 0.6 is 12.2 Å². The highest BCUT2D eigenvalue weighted by atomic mass is 32.1. The van der Waals surface area contributed by atoms with Crippen LogP contribution in [0.2, 0.25) is 0 Å². The number of nitrogens with zero attached hydrogens (tertiary/aromatic N) is 4. The number of aromatic hydroxyl groups is 1. The third-order valence-corrected chi connectivity index (χ3v) is 4.41. The summed E-state index contributed by atoms with van der Waals surface area (Å²) in [7, 11) is 0. The summed E-state index contributed by atoms with van der Waals surface area (Å²) in [4.78, 5) is 0. The van der Waals surface area contributed by atoms with Gasteiger partial charge in [0.15, 0.2) is 0 Å². The van der Waals surface area contributed by atoms with E-state index < -0.39 is 0 Å². The Balaban J connectivity index is 1.99. The van der Waals surface area contributed by atoms with Crippen LogP contribution in [-0.4, -0.2) is 24.7 Å². The Labute approximate surface area is 146 Å². The summed E-state index contributed by atoms with van der Waals surface area (Å²) in [5.74, 6) is 0.115. The van der Waals surface area contributed by atoms with Crippen molar-refractivity contribution in [3.63, 3.8) is 0 Å². The Morgan fingerprint density at radius 1 is 1.17 bits per heavy atom. The fourth-order valence-electron chi connectivity index (χ4n) is 2.71. The second-order valence-corrected chi connectivity index (χ2v) is 6.07. The first kappa shape index (κ1) is 16.4. The zero-order chi connectivity index (χ0) is 16.9. The molecule has 1 N–H and O–H groups in total. The minimum atomic E-state index is -0.0398. The number of hydrogen-bond donors (Lipinski definition) is 1. The molecule has 0 fully saturated rings. The van der Waals surface area contributed by atoms with Crippen molar-refractivity contribution in [2.45, 2.75) is 32.2 Å². The summed E-state index contributed by atoms with van der Waals surface area (Å²) < 4.78 is 4.09. The molecule has 0 amide bonds. The molecule has 3 rings (SSSR count). The Kier molecular flexibility index (Phi) is 5.05. The average Bonchev–Trinajstić information content (AvgIpc) is 3.09. The van der Waals surface area contributed by atoms with E-state index in [1.165, 1.54) is 0 Å². The van der Waals surface area contributed by atoms with Crippen molar-refractivity contribution in [2.24, 2.45) is 0 Å². The molecular weight excluding hydrogens is 320 g/mol.